The molecule has 1 fully saturated rings. The topological polar surface area (TPSA) is 86.9 Å². The highest BCUT2D eigenvalue weighted by atomic mass is 32.2. The summed E-state index contributed by atoms with van der Waals surface area (Å²) < 4.78 is 0. The lowest BCUT2D eigenvalue weighted by Crippen LogP contribution is -2.48. The van der Waals surface area contributed by atoms with E-state index in [-0.39, 0.29) is 17.3 Å². The van der Waals surface area contributed by atoms with Crippen LogP contribution >= 0.6 is 11.8 Å². The van der Waals surface area contributed by atoms with Gasteiger partial charge in [-0.3, -0.25) is 14.9 Å². The number of piperazine rings is 1. The van der Waals surface area contributed by atoms with Gasteiger partial charge in [-0.2, -0.15) is 0 Å². The largest absolute Gasteiger partial charge is 0.506 e. The molecule has 30 heavy (non-hydrogen) atoms. The van der Waals surface area contributed by atoms with Crippen molar-refractivity contribution in [1.29, 1.82) is 0 Å². The van der Waals surface area contributed by atoms with E-state index >= 15 is 0 Å². The van der Waals surface area contributed by atoms with Gasteiger partial charge < -0.3 is 14.9 Å². The smallest absolute Gasteiger partial charge is 0.283 e. The molecule has 8 heteroatoms. The van der Waals surface area contributed by atoms with Gasteiger partial charge in [-0.15, -0.1) is 11.8 Å². The molecule has 1 amide bonds. The third-order valence-electron chi connectivity index (χ3n) is 5.14. The van der Waals surface area contributed by atoms with E-state index in [0.717, 1.165) is 17.9 Å². The first kappa shape index (κ1) is 22.0. The number of phenols is 1. The van der Waals surface area contributed by atoms with Crippen molar-refractivity contribution in [2.75, 3.05) is 36.8 Å². The molecule has 160 valence electrons. The van der Waals surface area contributed by atoms with Crippen LogP contribution in [0.1, 0.15) is 30.6 Å². The minimum absolute atomic E-state index is 0.0116. The number of thioether (sulfide) groups is 1. The molecule has 0 atom stereocenters. The SMILES string of the molecule is CC(C)CCSc1ccc(C(=O)N2CCN(c3ccccc3O)CC2)cc1[N+](=O)[O-]. The molecule has 7 nitrogen and oxygen atoms in total. The van der Waals surface area contributed by atoms with Gasteiger partial charge in [0.2, 0.25) is 0 Å². The molecule has 0 unspecified atom stereocenters. The normalized spacial score (nSPS) is 14.2. The maximum absolute atomic E-state index is 12.9. The maximum atomic E-state index is 12.9. The molecule has 2 aromatic rings. The van der Waals surface area contributed by atoms with Gasteiger partial charge >= 0.3 is 0 Å². The summed E-state index contributed by atoms with van der Waals surface area (Å²) >= 11 is 1.46. The van der Waals surface area contributed by atoms with Gasteiger partial charge in [-0.1, -0.05) is 26.0 Å². The number of anilines is 1. The van der Waals surface area contributed by atoms with E-state index < -0.39 is 4.92 Å². The molecule has 3 rings (SSSR count). The quantitative estimate of drug-likeness (QED) is 0.399. The van der Waals surface area contributed by atoms with Crippen molar-refractivity contribution < 1.29 is 14.8 Å². The van der Waals surface area contributed by atoms with Crippen LogP contribution in [0.15, 0.2) is 47.4 Å². The van der Waals surface area contributed by atoms with Crippen molar-refractivity contribution in [1.82, 2.24) is 4.90 Å². The fraction of sp³-hybridized carbons (Fsp3) is 0.409. The van der Waals surface area contributed by atoms with Gasteiger partial charge in [-0.05, 0) is 42.4 Å². The number of para-hydroxylation sites is 2. The van der Waals surface area contributed by atoms with E-state index in [4.69, 9.17) is 0 Å². The molecule has 1 heterocycles. The van der Waals surface area contributed by atoms with Crippen LogP contribution in [0, 0.1) is 16.0 Å². The molecule has 2 aromatic carbocycles. The zero-order valence-corrected chi connectivity index (χ0v) is 18.1. The number of carbonyl (C=O) groups excluding carboxylic acids is 1. The predicted molar refractivity (Wildman–Crippen MR) is 119 cm³/mol. The van der Waals surface area contributed by atoms with Crippen molar-refractivity contribution >= 4 is 29.0 Å². The average molecular weight is 430 g/mol. The first-order valence-corrected chi connectivity index (χ1v) is 11.1. The van der Waals surface area contributed by atoms with E-state index in [2.05, 4.69) is 13.8 Å². The van der Waals surface area contributed by atoms with Crippen molar-refractivity contribution in [3.8, 4) is 5.75 Å². The Morgan fingerprint density at radius 1 is 1.17 bits per heavy atom. The van der Waals surface area contributed by atoms with E-state index in [9.17, 15) is 20.0 Å². The number of aromatic hydroxyl groups is 1. The number of hydrogen-bond donors (Lipinski definition) is 1. The molecule has 0 bridgehead atoms. The number of rotatable bonds is 7. The number of nitrogens with zero attached hydrogens (tertiary/aromatic N) is 3. The predicted octanol–water partition coefficient (Wildman–Crippen LogP) is 4.40. The second-order valence-electron chi connectivity index (χ2n) is 7.74. The van der Waals surface area contributed by atoms with Crippen LogP contribution in [0.5, 0.6) is 5.75 Å². The lowest BCUT2D eigenvalue weighted by atomic mass is 10.1. The van der Waals surface area contributed by atoms with Crippen LogP contribution in [-0.2, 0) is 0 Å². The fourth-order valence-electron chi connectivity index (χ4n) is 3.38. The molecule has 0 radical (unpaired) electrons. The summed E-state index contributed by atoms with van der Waals surface area (Å²) in [7, 11) is 0. The molecule has 0 saturated carbocycles. The molecule has 1 saturated heterocycles. The monoisotopic (exact) mass is 429 g/mol. The summed E-state index contributed by atoms with van der Waals surface area (Å²) in [4.78, 5) is 28.4. The number of carbonyl (C=O) groups is 1. The number of benzene rings is 2. The summed E-state index contributed by atoms with van der Waals surface area (Å²) in [5.74, 6) is 1.36. The number of nitro groups is 1. The van der Waals surface area contributed by atoms with Crippen molar-refractivity contribution in [2.45, 2.75) is 25.2 Å². The molecule has 0 aromatic heterocycles. The standard InChI is InChI=1S/C22H27N3O4S/c1-16(2)9-14-30-21-8-7-17(15-19(21)25(28)29)22(27)24-12-10-23(11-13-24)18-5-3-4-6-20(18)26/h3-8,15-16,26H,9-14H2,1-2H3. The Morgan fingerprint density at radius 2 is 1.87 bits per heavy atom. The zero-order valence-electron chi connectivity index (χ0n) is 17.3. The van der Waals surface area contributed by atoms with Crippen molar-refractivity contribution in [3.63, 3.8) is 0 Å². The lowest BCUT2D eigenvalue weighted by Gasteiger charge is -2.36. The molecule has 1 N–H and O–H groups in total. The first-order chi connectivity index (χ1) is 14.4. The average Bonchev–Trinajstić information content (AvgIpc) is 2.73. The molecule has 0 spiro atoms. The highest BCUT2D eigenvalue weighted by Gasteiger charge is 2.25. The Morgan fingerprint density at radius 3 is 2.50 bits per heavy atom. The van der Waals surface area contributed by atoms with E-state index in [1.165, 1.54) is 17.8 Å². The Labute approximate surface area is 180 Å². The maximum Gasteiger partial charge on any atom is 0.283 e. The second kappa shape index (κ2) is 9.84. The molecule has 1 aliphatic heterocycles. The van der Waals surface area contributed by atoms with Gasteiger partial charge in [0.15, 0.2) is 0 Å². The van der Waals surface area contributed by atoms with Gasteiger partial charge in [-0.25, -0.2) is 0 Å². The summed E-state index contributed by atoms with van der Waals surface area (Å²) in [5, 5.41) is 21.6. The third-order valence-corrected chi connectivity index (χ3v) is 6.24. The van der Waals surface area contributed by atoms with Gasteiger partial charge in [0.25, 0.3) is 11.6 Å². The summed E-state index contributed by atoms with van der Waals surface area (Å²) in [6.45, 7) is 6.41. The summed E-state index contributed by atoms with van der Waals surface area (Å²) in [6.07, 6.45) is 0.976. The van der Waals surface area contributed by atoms with Crippen LogP contribution in [0.3, 0.4) is 0 Å². The van der Waals surface area contributed by atoms with Gasteiger partial charge in [0.1, 0.15) is 5.75 Å². The minimum Gasteiger partial charge on any atom is -0.506 e. The zero-order chi connectivity index (χ0) is 21.7. The number of amides is 1. The number of hydrogen-bond acceptors (Lipinski definition) is 6. The highest BCUT2D eigenvalue weighted by molar-refractivity contribution is 7.99. The van der Waals surface area contributed by atoms with Gasteiger partial charge in [0, 0.05) is 37.8 Å². The van der Waals surface area contributed by atoms with E-state index in [1.54, 1.807) is 29.2 Å². The van der Waals surface area contributed by atoms with Crippen LogP contribution < -0.4 is 4.90 Å². The number of nitro benzene ring substituents is 1. The van der Waals surface area contributed by atoms with Crippen LogP contribution in [0.2, 0.25) is 0 Å². The van der Waals surface area contributed by atoms with E-state index in [1.807, 2.05) is 17.0 Å². The molecular weight excluding hydrogens is 402 g/mol. The molecule has 1 aliphatic rings. The van der Waals surface area contributed by atoms with Crippen LogP contribution in [-0.4, -0.2) is 52.8 Å². The van der Waals surface area contributed by atoms with Crippen LogP contribution in [0.25, 0.3) is 0 Å². The first-order valence-electron chi connectivity index (χ1n) is 10.1. The molecule has 0 aliphatic carbocycles. The summed E-state index contributed by atoms with van der Waals surface area (Å²) in [5.41, 5.74) is 1.08. The van der Waals surface area contributed by atoms with Crippen molar-refractivity contribution in [2.24, 2.45) is 5.92 Å². The fourth-order valence-corrected chi connectivity index (χ4v) is 4.64. The van der Waals surface area contributed by atoms with Crippen molar-refractivity contribution in [3.05, 3.63) is 58.1 Å². The molecular formula is C22H27N3O4S. The number of phenolic OH excluding ortho intramolecular Hbond substituents is 1. The second-order valence-corrected chi connectivity index (χ2v) is 8.88. The Bertz CT molecular complexity index is 911. The van der Waals surface area contributed by atoms with Gasteiger partial charge in [0.05, 0.1) is 15.5 Å². The summed E-state index contributed by atoms with van der Waals surface area (Å²) in [6, 6.07) is 11.9. The van der Waals surface area contributed by atoms with E-state index in [0.29, 0.717) is 42.6 Å². The Balaban J connectivity index is 1.67. The minimum atomic E-state index is -0.412. The lowest BCUT2D eigenvalue weighted by molar-refractivity contribution is -0.387. The highest BCUT2D eigenvalue weighted by Crippen LogP contribution is 2.32. The Kier molecular flexibility index (Phi) is 7.20. The van der Waals surface area contributed by atoms with Crippen LogP contribution in [0.4, 0.5) is 11.4 Å². The Hall–Kier alpha value is -2.74. The third kappa shape index (κ3) is 5.24.